The van der Waals surface area contributed by atoms with Crippen LogP contribution in [0, 0.1) is 0 Å². The Morgan fingerprint density at radius 3 is 2.78 bits per heavy atom. The molecule has 8 N–H and O–H groups in total. The number of nitrogens with zero attached hydrogens (tertiary/aromatic N) is 4. The molecule has 1 unspecified atom stereocenters. The second-order valence-electron chi connectivity index (χ2n) is 9.08. The fourth-order valence-electron chi connectivity index (χ4n) is 4.33. The first-order chi connectivity index (χ1) is 17.8. The van der Waals surface area contributed by atoms with Gasteiger partial charge < -0.3 is 31.7 Å². The molecule has 0 spiro atoms. The van der Waals surface area contributed by atoms with Crippen molar-refractivity contribution in [3.63, 3.8) is 0 Å². The number of anilines is 1. The molecule has 4 rings (SSSR count). The minimum absolute atomic E-state index is 0.0989. The Bertz CT molecular complexity index is 1100. The zero-order chi connectivity index (χ0) is 26.4. The predicted molar refractivity (Wildman–Crippen MR) is 132 cm³/mol. The molecule has 2 fully saturated rings. The third-order valence-electron chi connectivity index (χ3n) is 6.39. The topological polar surface area (TPSA) is 222 Å². The number of aliphatic hydroxyl groups excluding tert-OH is 2. The molecule has 2 aromatic heterocycles. The van der Waals surface area contributed by atoms with E-state index in [0.29, 0.717) is 37.1 Å². The molecule has 15 nitrogen and oxygen atoms in total. The van der Waals surface area contributed by atoms with Gasteiger partial charge in [0.05, 0.1) is 25.6 Å². The second kappa shape index (κ2) is 12.5. The zero-order valence-electron chi connectivity index (χ0n) is 20.4. The highest BCUT2D eigenvalue weighted by atomic mass is 31.2. The molecule has 2 aliphatic rings. The summed E-state index contributed by atoms with van der Waals surface area (Å²) in [5.41, 5.74) is 12.0. The van der Waals surface area contributed by atoms with Gasteiger partial charge in [0, 0.05) is 0 Å². The molecule has 2 aromatic rings. The van der Waals surface area contributed by atoms with Gasteiger partial charge in [-0.15, -0.1) is 0 Å². The maximum absolute atomic E-state index is 13.5. The van der Waals surface area contributed by atoms with Crippen LogP contribution in [0.5, 0.6) is 0 Å². The van der Waals surface area contributed by atoms with Gasteiger partial charge in [0.25, 0.3) is 0 Å². The fourth-order valence-corrected chi connectivity index (χ4v) is 5.67. The minimum atomic E-state index is -4.10. The van der Waals surface area contributed by atoms with Gasteiger partial charge in [0.15, 0.2) is 17.7 Å². The molecule has 0 radical (unpaired) electrons. The summed E-state index contributed by atoms with van der Waals surface area (Å²) in [6.07, 6.45) is 2.35. The second-order valence-corrected chi connectivity index (χ2v) is 10.8. The Kier molecular flexibility index (Phi) is 9.42. The van der Waals surface area contributed by atoms with E-state index in [4.69, 9.17) is 25.3 Å². The molecule has 6 atom stereocenters. The minimum Gasteiger partial charge on any atom is -0.387 e. The van der Waals surface area contributed by atoms with Gasteiger partial charge in [0.1, 0.15) is 30.2 Å². The number of unbranched alkanes of at least 4 members (excludes halogenated alkanes) is 3. The maximum atomic E-state index is 13.5. The van der Waals surface area contributed by atoms with Crippen molar-refractivity contribution in [2.75, 3.05) is 32.0 Å². The van der Waals surface area contributed by atoms with Crippen molar-refractivity contribution >= 4 is 30.6 Å². The number of rotatable bonds is 13. The molecule has 0 aliphatic carbocycles. The Morgan fingerprint density at radius 2 is 2.03 bits per heavy atom. The van der Waals surface area contributed by atoms with Gasteiger partial charge in [0.2, 0.25) is 5.91 Å². The number of imidazole rings is 1. The normalized spacial score (nSPS) is 27.5. The number of carbonyl (C=O) groups is 1. The molecule has 2 saturated heterocycles. The van der Waals surface area contributed by atoms with Gasteiger partial charge in [-0.2, -0.15) is 0 Å². The number of nitrogen functional groups attached to an aromatic ring is 1. The number of nitrogens with two attached hydrogens (primary N) is 2. The summed E-state index contributed by atoms with van der Waals surface area (Å²) in [6.45, 7) is 0.966. The largest absolute Gasteiger partial charge is 0.435 e. The molecule has 0 saturated carbocycles. The van der Waals surface area contributed by atoms with E-state index in [2.05, 4.69) is 25.4 Å². The summed E-state index contributed by atoms with van der Waals surface area (Å²) in [5, 5.41) is 26.7. The number of ether oxygens (including phenoxy) is 1. The average molecular weight is 543 g/mol. The molecule has 0 bridgehead atoms. The van der Waals surface area contributed by atoms with Crippen LogP contribution in [-0.2, 0) is 23.1 Å². The van der Waals surface area contributed by atoms with Gasteiger partial charge in [-0.25, -0.2) is 19.5 Å². The van der Waals surface area contributed by atoms with Crippen molar-refractivity contribution < 1.29 is 33.4 Å². The lowest BCUT2D eigenvalue weighted by Crippen LogP contribution is -2.40. The van der Waals surface area contributed by atoms with Crippen molar-refractivity contribution in [3.8, 4) is 0 Å². The maximum Gasteiger partial charge on any atom is 0.435 e. The number of aliphatic hydroxyl groups is 2. The summed E-state index contributed by atoms with van der Waals surface area (Å²) < 4.78 is 31.8. The Labute approximate surface area is 213 Å². The smallest absolute Gasteiger partial charge is 0.387 e. The van der Waals surface area contributed by atoms with E-state index in [1.807, 2.05) is 0 Å². The highest BCUT2D eigenvalue weighted by molar-refractivity contribution is 7.52. The van der Waals surface area contributed by atoms with Crippen LogP contribution in [0.25, 0.3) is 11.2 Å². The Hall–Kier alpha value is -2.23. The van der Waals surface area contributed by atoms with Crippen LogP contribution >= 0.6 is 7.75 Å². The van der Waals surface area contributed by atoms with Crippen LogP contribution < -0.4 is 21.9 Å². The van der Waals surface area contributed by atoms with Crippen molar-refractivity contribution in [3.05, 3.63) is 12.7 Å². The fraction of sp³-hybridized carbons (Fsp3) is 0.714. The number of hydrogen-bond acceptors (Lipinski definition) is 13. The van der Waals surface area contributed by atoms with Gasteiger partial charge >= 0.3 is 7.75 Å². The highest BCUT2D eigenvalue weighted by Crippen LogP contribution is 2.45. The lowest BCUT2D eigenvalue weighted by molar-refractivity contribution is -0.121. The first-order valence-corrected chi connectivity index (χ1v) is 14.0. The SMILES string of the molecule is NCCCCCCOP(=O)(NC(=O)[C@@H]1CCCN1)OC[C@H]1O[C@@H](n2cnc3c(N)ncnc32)[C@H](O)[C@@H]1O. The van der Waals surface area contributed by atoms with Crippen molar-refractivity contribution in [1.82, 2.24) is 29.9 Å². The third-order valence-corrected chi connectivity index (χ3v) is 7.90. The lowest BCUT2D eigenvalue weighted by Gasteiger charge is -2.23. The highest BCUT2D eigenvalue weighted by Gasteiger charge is 2.46. The summed E-state index contributed by atoms with van der Waals surface area (Å²) in [6, 6.07) is -0.492. The van der Waals surface area contributed by atoms with E-state index < -0.39 is 50.8 Å². The van der Waals surface area contributed by atoms with E-state index in [0.717, 1.165) is 25.7 Å². The number of carbonyl (C=O) groups excluding carboxylic acids is 1. The van der Waals surface area contributed by atoms with Crippen LogP contribution in [-0.4, -0.2) is 86.3 Å². The Morgan fingerprint density at radius 1 is 1.22 bits per heavy atom. The molecule has 4 heterocycles. The molecule has 0 aromatic carbocycles. The molecule has 2 aliphatic heterocycles. The average Bonchev–Trinajstić information content (AvgIpc) is 3.62. The quantitative estimate of drug-likeness (QED) is 0.140. The first kappa shape index (κ1) is 27.8. The van der Waals surface area contributed by atoms with E-state index in [1.165, 1.54) is 17.2 Å². The molecule has 206 valence electrons. The van der Waals surface area contributed by atoms with Crippen LogP contribution in [0.1, 0.15) is 44.8 Å². The number of fused-ring (bicyclic) bond motifs is 1. The number of nitrogens with one attached hydrogen (secondary N) is 2. The summed E-state index contributed by atoms with van der Waals surface area (Å²) in [4.78, 5) is 24.8. The number of aromatic nitrogens is 4. The van der Waals surface area contributed by atoms with Crippen LogP contribution in [0.15, 0.2) is 12.7 Å². The predicted octanol–water partition coefficient (Wildman–Crippen LogP) is -0.444. The summed E-state index contributed by atoms with van der Waals surface area (Å²) >= 11 is 0. The lowest BCUT2D eigenvalue weighted by atomic mass is 10.1. The zero-order valence-corrected chi connectivity index (χ0v) is 21.3. The van der Waals surface area contributed by atoms with Gasteiger partial charge in [-0.05, 0) is 38.8 Å². The van der Waals surface area contributed by atoms with E-state index in [9.17, 15) is 19.6 Å². The monoisotopic (exact) mass is 542 g/mol. The van der Waals surface area contributed by atoms with E-state index in [1.54, 1.807) is 0 Å². The molecule has 1 amide bonds. The van der Waals surface area contributed by atoms with Crippen LogP contribution in [0.3, 0.4) is 0 Å². The third kappa shape index (κ3) is 6.62. The van der Waals surface area contributed by atoms with Crippen LogP contribution in [0.4, 0.5) is 5.82 Å². The number of hydrogen-bond donors (Lipinski definition) is 6. The summed E-state index contributed by atoms with van der Waals surface area (Å²) in [7, 11) is -4.10. The van der Waals surface area contributed by atoms with E-state index in [-0.39, 0.29) is 12.4 Å². The molecular weight excluding hydrogens is 507 g/mol. The standard InChI is InChI=1S/C21H35N8O7P/c22-7-3-1-2-4-9-34-37(33,28-20(32)13-6-5-8-24-13)35-10-14-16(30)17(31)21(36-14)29-12-27-15-18(23)25-11-26-19(15)29/h11-14,16-17,21,24,30-31H,1-10,22H2,(H2,23,25,26)(H,28,32,33)/t13-,14+,16+,17+,21+,37?/m0/s1. The summed E-state index contributed by atoms with van der Waals surface area (Å²) in [5.74, 6) is -0.331. The van der Waals surface area contributed by atoms with Crippen LogP contribution in [0.2, 0.25) is 0 Å². The molecule has 37 heavy (non-hydrogen) atoms. The van der Waals surface area contributed by atoms with Crippen molar-refractivity contribution in [2.24, 2.45) is 5.73 Å². The Balaban J connectivity index is 1.40. The number of amides is 1. The molecular formula is C21H35N8O7P. The van der Waals surface area contributed by atoms with Crippen molar-refractivity contribution in [1.29, 1.82) is 0 Å². The van der Waals surface area contributed by atoms with E-state index >= 15 is 0 Å². The van der Waals surface area contributed by atoms with Gasteiger partial charge in [-0.3, -0.25) is 23.5 Å². The molecule has 16 heteroatoms. The first-order valence-electron chi connectivity index (χ1n) is 12.4. The van der Waals surface area contributed by atoms with Gasteiger partial charge in [-0.1, -0.05) is 12.8 Å². The van der Waals surface area contributed by atoms with Crippen molar-refractivity contribution in [2.45, 2.75) is 69.1 Å².